The minimum Gasteiger partial charge on any atom is -0.497 e. The van der Waals surface area contributed by atoms with E-state index >= 15 is 0 Å². The lowest BCUT2D eigenvalue weighted by Crippen LogP contribution is -2.22. The predicted molar refractivity (Wildman–Crippen MR) is 82.0 cm³/mol. The number of hydrogen-bond acceptors (Lipinski definition) is 4. The summed E-state index contributed by atoms with van der Waals surface area (Å²) in [5, 5.41) is 13.5. The van der Waals surface area contributed by atoms with Gasteiger partial charge in [-0.05, 0) is 36.8 Å². The number of rotatable bonds is 5. The molecule has 1 amide bonds. The SMILES string of the molecule is COc1ccc(CNC(=O)c2ccc([N+](=O)[O-])c(C)c2)cc1. The second-order valence-corrected chi connectivity index (χ2v) is 4.79. The third kappa shape index (κ3) is 3.60. The van der Waals surface area contributed by atoms with Gasteiger partial charge in [0.15, 0.2) is 0 Å². The second-order valence-electron chi connectivity index (χ2n) is 4.79. The van der Waals surface area contributed by atoms with Gasteiger partial charge in [-0.15, -0.1) is 0 Å². The van der Waals surface area contributed by atoms with Crippen molar-refractivity contribution in [3.8, 4) is 5.75 Å². The maximum atomic E-state index is 12.1. The molecule has 0 aromatic heterocycles. The molecule has 0 saturated heterocycles. The Kier molecular flexibility index (Phi) is 4.73. The molecule has 2 aromatic rings. The van der Waals surface area contributed by atoms with E-state index in [-0.39, 0.29) is 11.6 Å². The number of carbonyl (C=O) groups is 1. The molecule has 0 radical (unpaired) electrons. The van der Waals surface area contributed by atoms with Crippen LogP contribution in [0.5, 0.6) is 5.75 Å². The molecule has 0 fully saturated rings. The third-order valence-electron chi connectivity index (χ3n) is 3.27. The first-order valence-electron chi connectivity index (χ1n) is 6.67. The van der Waals surface area contributed by atoms with Crippen molar-refractivity contribution in [2.75, 3.05) is 7.11 Å². The fourth-order valence-electron chi connectivity index (χ4n) is 2.03. The van der Waals surface area contributed by atoms with Crippen LogP contribution in [0.25, 0.3) is 0 Å². The molecule has 0 aliphatic carbocycles. The number of carbonyl (C=O) groups excluding carboxylic acids is 1. The molecule has 0 bridgehead atoms. The summed E-state index contributed by atoms with van der Waals surface area (Å²) in [4.78, 5) is 22.4. The maximum absolute atomic E-state index is 12.1. The van der Waals surface area contributed by atoms with Gasteiger partial charge in [-0.25, -0.2) is 0 Å². The largest absolute Gasteiger partial charge is 0.497 e. The Morgan fingerprint density at radius 1 is 1.23 bits per heavy atom. The molecule has 22 heavy (non-hydrogen) atoms. The minimum absolute atomic E-state index is 0.00621. The summed E-state index contributed by atoms with van der Waals surface area (Å²) in [7, 11) is 1.59. The second kappa shape index (κ2) is 6.71. The minimum atomic E-state index is -0.464. The molecule has 2 rings (SSSR count). The average molecular weight is 300 g/mol. The van der Waals surface area contributed by atoms with Gasteiger partial charge in [0.1, 0.15) is 5.75 Å². The van der Waals surface area contributed by atoms with Gasteiger partial charge in [0.2, 0.25) is 0 Å². The molecule has 0 heterocycles. The summed E-state index contributed by atoms with van der Waals surface area (Å²) in [6, 6.07) is 11.7. The number of nitrogens with zero attached hydrogens (tertiary/aromatic N) is 1. The fraction of sp³-hybridized carbons (Fsp3) is 0.188. The van der Waals surface area contributed by atoms with E-state index in [1.165, 1.54) is 18.2 Å². The molecule has 114 valence electrons. The third-order valence-corrected chi connectivity index (χ3v) is 3.27. The van der Waals surface area contributed by atoms with E-state index in [0.717, 1.165) is 11.3 Å². The van der Waals surface area contributed by atoms with E-state index in [1.807, 2.05) is 24.3 Å². The van der Waals surface area contributed by atoms with Crippen LogP contribution in [0.4, 0.5) is 5.69 Å². The standard InChI is InChI=1S/C16H16N2O4/c1-11-9-13(5-8-15(11)18(20)21)16(19)17-10-12-3-6-14(22-2)7-4-12/h3-9H,10H2,1-2H3,(H,17,19). The summed E-state index contributed by atoms with van der Waals surface area (Å²) < 4.78 is 5.07. The monoisotopic (exact) mass is 300 g/mol. The van der Waals surface area contributed by atoms with Crippen LogP contribution in [0.15, 0.2) is 42.5 Å². The van der Waals surface area contributed by atoms with Crippen molar-refractivity contribution in [3.63, 3.8) is 0 Å². The van der Waals surface area contributed by atoms with Gasteiger partial charge >= 0.3 is 0 Å². The van der Waals surface area contributed by atoms with E-state index < -0.39 is 4.92 Å². The van der Waals surface area contributed by atoms with Crippen LogP contribution >= 0.6 is 0 Å². The number of ether oxygens (including phenoxy) is 1. The zero-order chi connectivity index (χ0) is 16.1. The van der Waals surface area contributed by atoms with Crippen molar-refractivity contribution >= 4 is 11.6 Å². The van der Waals surface area contributed by atoms with Gasteiger partial charge in [-0.2, -0.15) is 0 Å². The molecule has 6 nitrogen and oxygen atoms in total. The molecule has 0 aliphatic heterocycles. The molecule has 1 N–H and O–H groups in total. The van der Waals surface area contributed by atoms with Gasteiger partial charge in [-0.1, -0.05) is 12.1 Å². The number of aryl methyl sites for hydroxylation is 1. The fourth-order valence-corrected chi connectivity index (χ4v) is 2.03. The van der Waals surface area contributed by atoms with Crippen molar-refractivity contribution < 1.29 is 14.5 Å². The number of hydrogen-bond donors (Lipinski definition) is 1. The van der Waals surface area contributed by atoms with Crippen molar-refractivity contribution in [3.05, 3.63) is 69.3 Å². The molecule has 0 atom stereocenters. The number of nitro groups is 1. The molecular weight excluding hydrogens is 284 g/mol. The van der Waals surface area contributed by atoms with Crippen molar-refractivity contribution in [1.29, 1.82) is 0 Å². The normalized spacial score (nSPS) is 10.1. The lowest BCUT2D eigenvalue weighted by Gasteiger charge is -2.07. The van der Waals surface area contributed by atoms with Crippen LogP contribution in [-0.2, 0) is 6.54 Å². The smallest absolute Gasteiger partial charge is 0.272 e. The molecule has 0 unspecified atom stereocenters. The maximum Gasteiger partial charge on any atom is 0.272 e. The average Bonchev–Trinajstić information content (AvgIpc) is 2.52. The molecular formula is C16H16N2O4. The molecule has 6 heteroatoms. The van der Waals surface area contributed by atoms with Crippen LogP contribution in [0.2, 0.25) is 0 Å². The predicted octanol–water partition coefficient (Wildman–Crippen LogP) is 2.84. The number of methoxy groups -OCH3 is 1. The van der Waals surface area contributed by atoms with Crippen molar-refractivity contribution in [2.45, 2.75) is 13.5 Å². The summed E-state index contributed by atoms with van der Waals surface area (Å²) in [5.74, 6) is 0.481. The Morgan fingerprint density at radius 2 is 1.91 bits per heavy atom. The Labute approximate surface area is 127 Å². The Balaban J connectivity index is 2.02. The van der Waals surface area contributed by atoms with Crippen molar-refractivity contribution in [2.24, 2.45) is 0 Å². The Morgan fingerprint density at radius 3 is 2.45 bits per heavy atom. The molecule has 0 spiro atoms. The van der Waals surface area contributed by atoms with Crippen LogP contribution in [0, 0.1) is 17.0 Å². The highest BCUT2D eigenvalue weighted by Gasteiger charge is 2.13. The van der Waals surface area contributed by atoms with Crippen LogP contribution in [0.1, 0.15) is 21.5 Å². The topological polar surface area (TPSA) is 81.5 Å². The van der Waals surface area contributed by atoms with E-state index in [9.17, 15) is 14.9 Å². The highest BCUT2D eigenvalue weighted by atomic mass is 16.6. The van der Waals surface area contributed by atoms with Gasteiger partial charge in [0.05, 0.1) is 12.0 Å². The summed E-state index contributed by atoms with van der Waals surface area (Å²) in [5.41, 5.74) is 1.80. The van der Waals surface area contributed by atoms with Gasteiger partial charge in [0, 0.05) is 23.7 Å². The Bertz CT molecular complexity index is 696. The molecule has 0 saturated carbocycles. The van der Waals surface area contributed by atoms with Crippen LogP contribution in [0.3, 0.4) is 0 Å². The lowest BCUT2D eigenvalue weighted by molar-refractivity contribution is -0.385. The van der Waals surface area contributed by atoms with Crippen molar-refractivity contribution in [1.82, 2.24) is 5.32 Å². The van der Waals surface area contributed by atoms with Crippen LogP contribution < -0.4 is 10.1 Å². The van der Waals surface area contributed by atoms with Gasteiger partial charge in [-0.3, -0.25) is 14.9 Å². The lowest BCUT2D eigenvalue weighted by atomic mass is 10.1. The highest BCUT2D eigenvalue weighted by Crippen LogP contribution is 2.19. The highest BCUT2D eigenvalue weighted by molar-refractivity contribution is 5.94. The zero-order valence-corrected chi connectivity index (χ0v) is 12.3. The number of amides is 1. The quantitative estimate of drug-likeness (QED) is 0.680. The molecule has 0 aliphatic rings. The zero-order valence-electron chi connectivity index (χ0n) is 12.3. The summed E-state index contributed by atoms with van der Waals surface area (Å²) >= 11 is 0. The first kappa shape index (κ1) is 15.5. The van der Waals surface area contributed by atoms with E-state index in [0.29, 0.717) is 17.7 Å². The first-order chi connectivity index (χ1) is 10.5. The first-order valence-corrected chi connectivity index (χ1v) is 6.67. The summed E-state index contributed by atoms with van der Waals surface area (Å²) in [6.07, 6.45) is 0. The van der Waals surface area contributed by atoms with E-state index in [1.54, 1.807) is 14.0 Å². The number of benzene rings is 2. The van der Waals surface area contributed by atoms with Gasteiger partial charge < -0.3 is 10.1 Å². The number of nitro benzene ring substituents is 1. The number of nitrogens with one attached hydrogen (secondary N) is 1. The molecule has 2 aromatic carbocycles. The summed E-state index contributed by atoms with van der Waals surface area (Å²) in [6.45, 7) is 1.98. The van der Waals surface area contributed by atoms with Crippen LogP contribution in [-0.4, -0.2) is 17.9 Å². The van der Waals surface area contributed by atoms with Gasteiger partial charge in [0.25, 0.3) is 11.6 Å². The van der Waals surface area contributed by atoms with E-state index in [2.05, 4.69) is 5.32 Å². The Hall–Kier alpha value is -2.89. The van der Waals surface area contributed by atoms with E-state index in [4.69, 9.17) is 4.74 Å².